The summed E-state index contributed by atoms with van der Waals surface area (Å²) in [6.07, 6.45) is 0. The van der Waals surface area contributed by atoms with Gasteiger partial charge in [0.25, 0.3) is 0 Å². The summed E-state index contributed by atoms with van der Waals surface area (Å²) in [6.45, 7) is 6.52. The van der Waals surface area contributed by atoms with E-state index in [1.54, 1.807) is 13.0 Å². The molecule has 0 aromatic heterocycles. The SMILES string of the molecule is Cc1cc(CN(C)C(C)(C)CO)ccc1F. The first-order valence-electron chi connectivity index (χ1n) is 5.44. The van der Waals surface area contributed by atoms with E-state index in [4.69, 9.17) is 0 Å². The van der Waals surface area contributed by atoms with Gasteiger partial charge in [-0.3, -0.25) is 4.90 Å². The molecule has 0 radical (unpaired) electrons. The summed E-state index contributed by atoms with van der Waals surface area (Å²) in [5, 5.41) is 9.24. The molecule has 0 aliphatic carbocycles. The molecule has 0 unspecified atom stereocenters. The van der Waals surface area contributed by atoms with Gasteiger partial charge >= 0.3 is 0 Å². The van der Waals surface area contributed by atoms with Gasteiger partial charge in [0, 0.05) is 12.1 Å². The molecule has 0 aliphatic heterocycles. The van der Waals surface area contributed by atoms with Crippen LogP contribution in [0.25, 0.3) is 0 Å². The van der Waals surface area contributed by atoms with Crippen molar-refractivity contribution in [2.24, 2.45) is 0 Å². The van der Waals surface area contributed by atoms with E-state index in [0.717, 1.165) is 5.56 Å². The molecule has 1 rings (SSSR count). The van der Waals surface area contributed by atoms with E-state index in [0.29, 0.717) is 12.1 Å². The Kier molecular flexibility index (Phi) is 4.05. The van der Waals surface area contributed by atoms with Gasteiger partial charge in [0.2, 0.25) is 0 Å². The maximum Gasteiger partial charge on any atom is 0.126 e. The molecule has 0 spiro atoms. The zero-order valence-corrected chi connectivity index (χ0v) is 10.4. The molecule has 0 saturated heterocycles. The Balaban J connectivity index is 2.77. The summed E-state index contributed by atoms with van der Waals surface area (Å²) in [4.78, 5) is 2.06. The summed E-state index contributed by atoms with van der Waals surface area (Å²) < 4.78 is 13.1. The Labute approximate surface area is 96.7 Å². The molecular formula is C13H20FNO. The fraction of sp³-hybridized carbons (Fsp3) is 0.538. The van der Waals surface area contributed by atoms with Crippen molar-refractivity contribution >= 4 is 0 Å². The minimum Gasteiger partial charge on any atom is -0.394 e. The van der Waals surface area contributed by atoms with Crippen molar-refractivity contribution in [3.05, 3.63) is 35.1 Å². The van der Waals surface area contributed by atoms with Crippen LogP contribution in [-0.2, 0) is 6.54 Å². The number of benzene rings is 1. The maximum absolute atomic E-state index is 13.1. The van der Waals surface area contributed by atoms with Crippen LogP contribution < -0.4 is 0 Å². The number of aliphatic hydroxyl groups excluding tert-OH is 1. The summed E-state index contributed by atoms with van der Waals surface area (Å²) in [7, 11) is 1.95. The number of aryl methyl sites for hydroxylation is 1. The van der Waals surface area contributed by atoms with Crippen LogP contribution in [0.15, 0.2) is 18.2 Å². The standard InChI is InChI=1S/C13H20FNO/c1-10-7-11(5-6-12(10)14)8-15(4)13(2,3)9-16/h5-7,16H,8-9H2,1-4H3. The van der Waals surface area contributed by atoms with Gasteiger partial charge in [0.05, 0.1) is 6.61 Å². The number of hydrogen-bond acceptors (Lipinski definition) is 2. The lowest BCUT2D eigenvalue weighted by Gasteiger charge is -2.33. The van der Waals surface area contributed by atoms with E-state index in [2.05, 4.69) is 4.90 Å². The van der Waals surface area contributed by atoms with Crippen LogP contribution in [-0.4, -0.2) is 29.2 Å². The monoisotopic (exact) mass is 225 g/mol. The largest absolute Gasteiger partial charge is 0.394 e. The Morgan fingerprint density at radius 2 is 2.00 bits per heavy atom. The predicted molar refractivity (Wildman–Crippen MR) is 63.8 cm³/mol. The van der Waals surface area contributed by atoms with Crippen LogP contribution in [0.2, 0.25) is 0 Å². The average molecular weight is 225 g/mol. The molecule has 0 aliphatic rings. The van der Waals surface area contributed by atoms with Crippen LogP contribution in [0.5, 0.6) is 0 Å². The topological polar surface area (TPSA) is 23.5 Å². The molecule has 1 N–H and O–H groups in total. The second-order valence-electron chi connectivity index (χ2n) is 4.91. The van der Waals surface area contributed by atoms with Gasteiger partial charge in [-0.15, -0.1) is 0 Å². The van der Waals surface area contributed by atoms with Crippen molar-refractivity contribution < 1.29 is 9.50 Å². The highest BCUT2D eigenvalue weighted by Crippen LogP contribution is 2.16. The molecule has 90 valence electrons. The van der Waals surface area contributed by atoms with Crippen molar-refractivity contribution in [2.75, 3.05) is 13.7 Å². The quantitative estimate of drug-likeness (QED) is 0.850. The summed E-state index contributed by atoms with van der Waals surface area (Å²) in [6, 6.07) is 5.12. The van der Waals surface area contributed by atoms with E-state index in [1.807, 2.05) is 27.0 Å². The highest BCUT2D eigenvalue weighted by atomic mass is 19.1. The maximum atomic E-state index is 13.1. The molecule has 16 heavy (non-hydrogen) atoms. The Hall–Kier alpha value is -0.930. The van der Waals surface area contributed by atoms with E-state index in [1.165, 1.54) is 6.07 Å². The number of nitrogens with zero attached hydrogens (tertiary/aromatic N) is 1. The summed E-state index contributed by atoms with van der Waals surface area (Å²) >= 11 is 0. The summed E-state index contributed by atoms with van der Waals surface area (Å²) in [5.41, 5.74) is 1.46. The lowest BCUT2D eigenvalue weighted by molar-refractivity contribution is 0.0734. The zero-order chi connectivity index (χ0) is 12.3. The lowest BCUT2D eigenvalue weighted by atomic mass is 10.0. The van der Waals surface area contributed by atoms with Crippen molar-refractivity contribution in [2.45, 2.75) is 32.9 Å². The van der Waals surface area contributed by atoms with Crippen LogP contribution >= 0.6 is 0 Å². The third-order valence-corrected chi connectivity index (χ3v) is 3.06. The predicted octanol–water partition coefficient (Wildman–Crippen LogP) is 2.34. The van der Waals surface area contributed by atoms with Gasteiger partial charge in [-0.25, -0.2) is 4.39 Å². The second kappa shape index (κ2) is 4.93. The van der Waals surface area contributed by atoms with Gasteiger partial charge < -0.3 is 5.11 Å². The number of rotatable bonds is 4. The van der Waals surface area contributed by atoms with E-state index >= 15 is 0 Å². The molecule has 1 aromatic rings. The van der Waals surface area contributed by atoms with Crippen LogP contribution in [0.4, 0.5) is 4.39 Å². The highest BCUT2D eigenvalue weighted by molar-refractivity contribution is 5.23. The number of aliphatic hydroxyl groups is 1. The van der Waals surface area contributed by atoms with Crippen molar-refractivity contribution in [1.29, 1.82) is 0 Å². The molecule has 0 fully saturated rings. The van der Waals surface area contributed by atoms with E-state index < -0.39 is 0 Å². The van der Waals surface area contributed by atoms with Gasteiger partial charge in [0.15, 0.2) is 0 Å². The second-order valence-corrected chi connectivity index (χ2v) is 4.91. The van der Waals surface area contributed by atoms with Crippen molar-refractivity contribution in [3.8, 4) is 0 Å². The first-order chi connectivity index (χ1) is 7.36. The van der Waals surface area contributed by atoms with Gasteiger partial charge in [-0.05, 0) is 45.0 Å². The molecule has 0 atom stereocenters. The molecule has 2 nitrogen and oxygen atoms in total. The molecule has 0 amide bonds. The molecular weight excluding hydrogens is 205 g/mol. The normalized spacial score (nSPS) is 12.2. The molecule has 1 aromatic carbocycles. The van der Waals surface area contributed by atoms with Crippen molar-refractivity contribution in [3.63, 3.8) is 0 Å². The van der Waals surface area contributed by atoms with E-state index in [9.17, 15) is 9.50 Å². The molecule has 0 heterocycles. The van der Waals surface area contributed by atoms with Crippen LogP contribution in [0.1, 0.15) is 25.0 Å². The third kappa shape index (κ3) is 3.03. The molecule has 3 heteroatoms. The minimum absolute atomic E-state index is 0.101. The zero-order valence-electron chi connectivity index (χ0n) is 10.4. The first kappa shape index (κ1) is 13.1. The number of halogens is 1. The van der Waals surface area contributed by atoms with Crippen LogP contribution in [0, 0.1) is 12.7 Å². The Bertz CT molecular complexity index is 363. The smallest absolute Gasteiger partial charge is 0.126 e. The number of likely N-dealkylation sites (N-methyl/N-ethyl adjacent to an activating group) is 1. The Morgan fingerprint density at radius 3 is 2.50 bits per heavy atom. The first-order valence-corrected chi connectivity index (χ1v) is 5.44. The third-order valence-electron chi connectivity index (χ3n) is 3.06. The van der Waals surface area contributed by atoms with Gasteiger partial charge in [0.1, 0.15) is 5.82 Å². The fourth-order valence-corrected chi connectivity index (χ4v) is 1.41. The minimum atomic E-state index is -0.262. The summed E-state index contributed by atoms with van der Waals surface area (Å²) in [5.74, 6) is -0.173. The number of hydrogen-bond donors (Lipinski definition) is 1. The molecule has 0 saturated carbocycles. The molecule has 0 bridgehead atoms. The fourth-order valence-electron chi connectivity index (χ4n) is 1.41. The van der Waals surface area contributed by atoms with Gasteiger partial charge in [-0.1, -0.05) is 12.1 Å². The van der Waals surface area contributed by atoms with Crippen molar-refractivity contribution in [1.82, 2.24) is 4.90 Å². The van der Waals surface area contributed by atoms with Crippen LogP contribution in [0.3, 0.4) is 0 Å². The van der Waals surface area contributed by atoms with Gasteiger partial charge in [-0.2, -0.15) is 0 Å². The van der Waals surface area contributed by atoms with E-state index in [-0.39, 0.29) is 18.0 Å². The lowest BCUT2D eigenvalue weighted by Crippen LogP contribution is -2.43. The average Bonchev–Trinajstić information content (AvgIpc) is 2.23. The Morgan fingerprint density at radius 1 is 1.38 bits per heavy atom. The highest BCUT2D eigenvalue weighted by Gasteiger charge is 2.22.